The number of aromatic nitrogens is 2. The number of hydrogen-bond acceptors (Lipinski definition) is 3. The highest BCUT2D eigenvalue weighted by molar-refractivity contribution is 7.71. The van der Waals surface area contributed by atoms with Gasteiger partial charge in [0.1, 0.15) is 4.64 Å². The fraction of sp³-hybridized carbons (Fsp3) is 0.778. The summed E-state index contributed by atoms with van der Waals surface area (Å²) in [7, 11) is 0. The fourth-order valence-electron chi connectivity index (χ4n) is 2.59. The van der Waals surface area contributed by atoms with Crippen LogP contribution in [-0.4, -0.2) is 22.3 Å². The standard InChI is InChI=1S/C18H32N2O2S/c1-14(2)13-16(15(3)4)22-12-8-6-5-7-10-20-11-9-17(23)19-18(20)21/h9,11,14-16H,5-8,10,12-13H2,1-4H3,(H,19,21,23). The summed E-state index contributed by atoms with van der Waals surface area (Å²) in [6, 6.07) is 1.76. The van der Waals surface area contributed by atoms with Crippen LogP contribution in [0.1, 0.15) is 59.8 Å². The van der Waals surface area contributed by atoms with Crippen molar-refractivity contribution in [3.05, 3.63) is 27.4 Å². The number of nitrogens with one attached hydrogen (secondary N) is 1. The third kappa shape index (κ3) is 8.47. The van der Waals surface area contributed by atoms with E-state index in [1.165, 1.54) is 0 Å². The zero-order valence-electron chi connectivity index (χ0n) is 15.0. The van der Waals surface area contributed by atoms with Gasteiger partial charge in [0.15, 0.2) is 0 Å². The number of rotatable bonds is 11. The van der Waals surface area contributed by atoms with Gasteiger partial charge in [-0.05, 0) is 37.2 Å². The second-order valence-electron chi connectivity index (χ2n) is 7.00. The Balaban J connectivity index is 2.15. The maximum atomic E-state index is 11.7. The molecule has 1 aromatic heterocycles. The Morgan fingerprint density at radius 2 is 1.87 bits per heavy atom. The molecule has 0 aromatic carbocycles. The number of aryl methyl sites for hydroxylation is 1. The van der Waals surface area contributed by atoms with Gasteiger partial charge in [-0.15, -0.1) is 0 Å². The van der Waals surface area contributed by atoms with Gasteiger partial charge in [0.25, 0.3) is 0 Å². The minimum Gasteiger partial charge on any atom is -0.378 e. The SMILES string of the molecule is CC(C)CC(OCCCCCCn1ccc(=S)[nH]c1=O)C(C)C. The van der Waals surface area contributed by atoms with Crippen LogP contribution < -0.4 is 5.69 Å². The lowest BCUT2D eigenvalue weighted by molar-refractivity contribution is 0.00710. The zero-order valence-corrected chi connectivity index (χ0v) is 15.8. The molecule has 1 aromatic rings. The molecule has 0 spiro atoms. The van der Waals surface area contributed by atoms with E-state index in [4.69, 9.17) is 17.0 Å². The first-order valence-electron chi connectivity index (χ1n) is 8.81. The lowest BCUT2D eigenvalue weighted by Gasteiger charge is -2.23. The predicted molar refractivity (Wildman–Crippen MR) is 98.4 cm³/mol. The van der Waals surface area contributed by atoms with Crippen molar-refractivity contribution in [2.45, 2.75) is 72.4 Å². The average molecular weight is 341 g/mol. The van der Waals surface area contributed by atoms with Crippen LogP contribution in [-0.2, 0) is 11.3 Å². The molecule has 0 radical (unpaired) electrons. The van der Waals surface area contributed by atoms with Crippen LogP contribution in [0.5, 0.6) is 0 Å². The first-order valence-corrected chi connectivity index (χ1v) is 9.22. The van der Waals surface area contributed by atoms with Gasteiger partial charge in [-0.2, -0.15) is 0 Å². The summed E-state index contributed by atoms with van der Waals surface area (Å²) in [6.07, 6.45) is 7.63. The van der Waals surface area contributed by atoms with E-state index in [1.807, 2.05) is 0 Å². The normalized spacial score (nSPS) is 13.0. The van der Waals surface area contributed by atoms with Crippen molar-refractivity contribution in [2.24, 2.45) is 11.8 Å². The van der Waals surface area contributed by atoms with E-state index in [2.05, 4.69) is 32.7 Å². The summed E-state index contributed by atoms with van der Waals surface area (Å²) in [5, 5.41) is 0. The molecule has 0 aliphatic heterocycles. The minimum absolute atomic E-state index is 0.116. The molecular formula is C18H32N2O2S. The number of ether oxygens (including phenoxy) is 1. The molecule has 1 heterocycles. The molecule has 5 heteroatoms. The second-order valence-corrected chi connectivity index (χ2v) is 7.44. The quantitative estimate of drug-likeness (QED) is 0.475. The van der Waals surface area contributed by atoms with Gasteiger partial charge in [0, 0.05) is 19.3 Å². The highest BCUT2D eigenvalue weighted by Gasteiger charge is 2.15. The van der Waals surface area contributed by atoms with Crippen LogP contribution in [0.25, 0.3) is 0 Å². The second kappa shape index (κ2) is 10.8. The summed E-state index contributed by atoms with van der Waals surface area (Å²) in [5.74, 6) is 1.26. The number of H-pyrrole nitrogens is 1. The van der Waals surface area contributed by atoms with Gasteiger partial charge in [-0.3, -0.25) is 4.98 Å². The Morgan fingerprint density at radius 3 is 2.48 bits per heavy atom. The third-order valence-corrected chi connectivity index (χ3v) is 4.21. The molecule has 0 bridgehead atoms. The molecule has 0 aliphatic rings. The van der Waals surface area contributed by atoms with E-state index in [1.54, 1.807) is 16.8 Å². The smallest absolute Gasteiger partial charge is 0.326 e. The van der Waals surface area contributed by atoms with Gasteiger partial charge in [-0.1, -0.05) is 52.8 Å². The van der Waals surface area contributed by atoms with Crippen molar-refractivity contribution in [1.82, 2.24) is 9.55 Å². The fourth-order valence-corrected chi connectivity index (χ4v) is 2.74. The topological polar surface area (TPSA) is 47.0 Å². The van der Waals surface area contributed by atoms with Gasteiger partial charge in [0.05, 0.1) is 6.10 Å². The van der Waals surface area contributed by atoms with Gasteiger partial charge < -0.3 is 9.30 Å². The summed E-state index contributed by atoms with van der Waals surface area (Å²) in [4.78, 5) is 14.3. The molecular weight excluding hydrogens is 308 g/mol. The molecule has 4 nitrogen and oxygen atoms in total. The Labute approximate surface area is 145 Å². The maximum Gasteiger partial charge on any atom is 0.326 e. The highest BCUT2D eigenvalue weighted by Crippen LogP contribution is 2.17. The zero-order chi connectivity index (χ0) is 17.2. The molecule has 1 rings (SSSR count). The van der Waals surface area contributed by atoms with E-state index >= 15 is 0 Å². The Kier molecular flexibility index (Phi) is 9.41. The van der Waals surface area contributed by atoms with Crippen molar-refractivity contribution in [3.63, 3.8) is 0 Å². The lowest BCUT2D eigenvalue weighted by atomic mass is 9.97. The Hall–Kier alpha value is -0.940. The van der Waals surface area contributed by atoms with Crippen molar-refractivity contribution in [3.8, 4) is 0 Å². The van der Waals surface area contributed by atoms with E-state index in [0.29, 0.717) is 22.6 Å². The lowest BCUT2D eigenvalue weighted by Crippen LogP contribution is -2.22. The number of unbranched alkanes of at least 4 members (excludes halogenated alkanes) is 3. The molecule has 132 valence electrons. The van der Waals surface area contributed by atoms with Crippen LogP contribution in [0.2, 0.25) is 0 Å². The molecule has 1 unspecified atom stereocenters. The Morgan fingerprint density at radius 1 is 1.17 bits per heavy atom. The predicted octanol–water partition coefficient (Wildman–Crippen LogP) is 4.55. The monoisotopic (exact) mass is 340 g/mol. The number of hydrogen-bond donors (Lipinski definition) is 1. The van der Waals surface area contributed by atoms with Crippen LogP contribution >= 0.6 is 12.2 Å². The minimum atomic E-state index is -0.116. The summed E-state index contributed by atoms with van der Waals surface area (Å²) in [5.41, 5.74) is -0.116. The van der Waals surface area contributed by atoms with E-state index < -0.39 is 0 Å². The summed E-state index contributed by atoms with van der Waals surface area (Å²) < 4.78 is 8.21. The van der Waals surface area contributed by atoms with Gasteiger partial charge in [0.2, 0.25) is 0 Å². The van der Waals surface area contributed by atoms with Crippen molar-refractivity contribution < 1.29 is 4.74 Å². The largest absolute Gasteiger partial charge is 0.378 e. The van der Waals surface area contributed by atoms with Crippen LogP contribution in [0.15, 0.2) is 17.1 Å². The maximum absolute atomic E-state index is 11.7. The van der Waals surface area contributed by atoms with Crippen molar-refractivity contribution in [1.29, 1.82) is 0 Å². The van der Waals surface area contributed by atoms with Crippen molar-refractivity contribution in [2.75, 3.05) is 6.61 Å². The molecule has 0 saturated heterocycles. The van der Waals surface area contributed by atoms with E-state index in [-0.39, 0.29) is 5.69 Å². The number of nitrogens with zero attached hydrogens (tertiary/aromatic N) is 1. The van der Waals surface area contributed by atoms with E-state index in [9.17, 15) is 4.79 Å². The average Bonchev–Trinajstić information content (AvgIpc) is 2.46. The van der Waals surface area contributed by atoms with Crippen molar-refractivity contribution >= 4 is 12.2 Å². The third-order valence-electron chi connectivity index (χ3n) is 3.97. The van der Waals surface area contributed by atoms with E-state index in [0.717, 1.165) is 45.3 Å². The first kappa shape index (κ1) is 20.1. The molecule has 0 amide bonds. The molecule has 0 saturated carbocycles. The summed E-state index contributed by atoms with van der Waals surface area (Å²) in [6.45, 7) is 10.5. The molecule has 1 N–H and O–H groups in total. The molecule has 23 heavy (non-hydrogen) atoms. The van der Waals surface area contributed by atoms with Crippen LogP contribution in [0, 0.1) is 16.5 Å². The molecule has 0 aliphatic carbocycles. The summed E-state index contributed by atoms with van der Waals surface area (Å²) >= 11 is 4.92. The number of aromatic amines is 1. The van der Waals surface area contributed by atoms with Gasteiger partial charge >= 0.3 is 5.69 Å². The van der Waals surface area contributed by atoms with Crippen LogP contribution in [0.4, 0.5) is 0 Å². The highest BCUT2D eigenvalue weighted by atomic mass is 32.1. The molecule has 1 atom stereocenters. The molecule has 0 fully saturated rings. The first-order chi connectivity index (χ1) is 10.9. The van der Waals surface area contributed by atoms with Crippen LogP contribution in [0.3, 0.4) is 0 Å². The Bertz CT molecular complexity index is 548. The van der Waals surface area contributed by atoms with Gasteiger partial charge in [-0.25, -0.2) is 4.79 Å².